The zero-order chi connectivity index (χ0) is 17.6. The molecule has 0 radical (unpaired) electrons. The van der Waals surface area contributed by atoms with E-state index >= 15 is 0 Å². The molecule has 23 heavy (non-hydrogen) atoms. The first-order valence-electron chi connectivity index (χ1n) is 7.86. The van der Waals surface area contributed by atoms with Crippen molar-refractivity contribution in [2.75, 3.05) is 18.4 Å². The largest absolute Gasteiger partial charge is 0.489 e. The summed E-state index contributed by atoms with van der Waals surface area (Å²) < 4.78 is 32.2. The predicted octanol–water partition coefficient (Wildman–Crippen LogP) is 2.85. The summed E-state index contributed by atoms with van der Waals surface area (Å²) in [4.78, 5) is 11.8. The Morgan fingerprint density at radius 2 is 1.83 bits per heavy atom. The molecular formula is C16H26N2O4S. The van der Waals surface area contributed by atoms with Crippen LogP contribution in [-0.4, -0.2) is 37.8 Å². The first kappa shape index (κ1) is 19.4. The highest BCUT2D eigenvalue weighted by atomic mass is 32.2. The fraction of sp³-hybridized carbons (Fsp3) is 0.562. The molecule has 6 nitrogen and oxygen atoms in total. The van der Waals surface area contributed by atoms with Gasteiger partial charge in [0.2, 0.25) is 15.9 Å². The molecular weight excluding hydrogens is 316 g/mol. The molecule has 0 aliphatic rings. The molecule has 0 heterocycles. The number of amides is 1. The van der Waals surface area contributed by atoms with E-state index in [0.717, 1.165) is 0 Å². The summed E-state index contributed by atoms with van der Waals surface area (Å²) in [6.45, 7) is 9.82. The lowest BCUT2D eigenvalue weighted by atomic mass is 10.2. The molecule has 0 aliphatic carbocycles. The van der Waals surface area contributed by atoms with Gasteiger partial charge in [0.1, 0.15) is 5.75 Å². The predicted molar refractivity (Wildman–Crippen MR) is 91.2 cm³/mol. The Morgan fingerprint density at radius 3 is 2.30 bits per heavy atom. The summed E-state index contributed by atoms with van der Waals surface area (Å²) in [5, 5.41) is 2.71. The van der Waals surface area contributed by atoms with E-state index in [4.69, 9.17) is 4.74 Å². The van der Waals surface area contributed by atoms with Crippen molar-refractivity contribution in [2.45, 2.75) is 52.0 Å². The molecule has 1 aromatic rings. The van der Waals surface area contributed by atoms with E-state index in [1.807, 2.05) is 13.8 Å². The van der Waals surface area contributed by atoms with Gasteiger partial charge in [-0.1, -0.05) is 20.8 Å². The van der Waals surface area contributed by atoms with Crippen molar-refractivity contribution in [1.82, 2.24) is 4.31 Å². The number of ether oxygens (including phenoxy) is 1. The Balaban J connectivity index is 3.31. The lowest BCUT2D eigenvalue weighted by Crippen LogP contribution is -2.30. The van der Waals surface area contributed by atoms with Gasteiger partial charge in [-0.2, -0.15) is 4.31 Å². The second-order valence-electron chi connectivity index (χ2n) is 5.32. The highest BCUT2D eigenvalue weighted by Gasteiger charge is 2.23. The Kier molecular flexibility index (Phi) is 7.02. The highest BCUT2D eigenvalue weighted by Crippen LogP contribution is 2.30. The van der Waals surface area contributed by atoms with Crippen LogP contribution in [0.15, 0.2) is 23.1 Å². The monoisotopic (exact) mass is 342 g/mol. The SMILES string of the molecule is CCC(=O)Nc1cc(S(=O)(=O)N(CC)CC)ccc1OC(C)C. The average Bonchev–Trinajstić information content (AvgIpc) is 2.49. The third kappa shape index (κ3) is 4.94. The maximum atomic E-state index is 12.6. The minimum absolute atomic E-state index is 0.0856. The number of sulfonamides is 1. The van der Waals surface area contributed by atoms with Crippen molar-refractivity contribution in [3.8, 4) is 5.75 Å². The van der Waals surface area contributed by atoms with Crippen LogP contribution >= 0.6 is 0 Å². The van der Waals surface area contributed by atoms with Gasteiger partial charge in [0.05, 0.1) is 16.7 Å². The summed E-state index contributed by atoms with van der Waals surface area (Å²) in [5.41, 5.74) is 0.374. The van der Waals surface area contributed by atoms with Crippen LogP contribution < -0.4 is 10.1 Å². The lowest BCUT2D eigenvalue weighted by Gasteiger charge is -2.20. The second-order valence-corrected chi connectivity index (χ2v) is 7.25. The van der Waals surface area contributed by atoms with E-state index in [1.165, 1.54) is 16.4 Å². The summed E-state index contributed by atoms with van der Waals surface area (Å²) in [5.74, 6) is 0.260. The number of nitrogens with zero attached hydrogens (tertiary/aromatic N) is 1. The number of rotatable bonds is 8. The number of hydrogen-bond donors (Lipinski definition) is 1. The quantitative estimate of drug-likeness (QED) is 0.788. The standard InChI is InChI=1S/C16H26N2O4S/c1-6-16(19)17-14-11-13(9-10-15(14)22-12(4)5)23(20,21)18(7-2)8-3/h9-12H,6-8H2,1-5H3,(H,17,19). The fourth-order valence-corrected chi connectivity index (χ4v) is 3.56. The normalized spacial score (nSPS) is 11.8. The van der Waals surface area contributed by atoms with Crippen molar-refractivity contribution in [3.05, 3.63) is 18.2 Å². The van der Waals surface area contributed by atoms with Crippen LogP contribution in [0.2, 0.25) is 0 Å². The van der Waals surface area contributed by atoms with Gasteiger partial charge in [-0.25, -0.2) is 8.42 Å². The molecule has 7 heteroatoms. The van der Waals surface area contributed by atoms with Crippen molar-refractivity contribution >= 4 is 21.6 Å². The molecule has 1 rings (SSSR count). The Hall–Kier alpha value is -1.60. The van der Waals surface area contributed by atoms with Crippen molar-refractivity contribution in [3.63, 3.8) is 0 Å². The number of carbonyl (C=O) groups excluding carboxylic acids is 1. The summed E-state index contributed by atoms with van der Waals surface area (Å²) >= 11 is 0. The van der Waals surface area contributed by atoms with Crippen molar-refractivity contribution < 1.29 is 17.9 Å². The third-order valence-corrected chi connectivity index (χ3v) is 5.30. The number of carbonyl (C=O) groups is 1. The van der Waals surface area contributed by atoms with Crippen LogP contribution in [-0.2, 0) is 14.8 Å². The van der Waals surface area contributed by atoms with E-state index in [-0.39, 0.29) is 16.9 Å². The molecule has 0 fully saturated rings. The second kappa shape index (κ2) is 8.31. The van der Waals surface area contributed by atoms with Crippen LogP contribution in [0.3, 0.4) is 0 Å². The van der Waals surface area contributed by atoms with Gasteiger partial charge < -0.3 is 10.1 Å². The Bertz CT molecular complexity index is 637. The van der Waals surface area contributed by atoms with E-state index in [9.17, 15) is 13.2 Å². The molecule has 0 atom stereocenters. The molecule has 0 unspecified atom stereocenters. The molecule has 130 valence electrons. The fourth-order valence-electron chi connectivity index (χ4n) is 2.08. The van der Waals surface area contributed by atoms with Gasteiger partial charge in [0.15, 0.2) is 0 Å². The number of nitrogens with one attached hydrogen (secondary N) is 1. The molecule has 1 aromatic carbocycles. The summed E-state index contributed by atoms with van der Waals surface area (Å²) in [7, 11) is -3.58. The van der Waals surface area contributed by atoms with Gasteiger partial charge in [-0.15, -0.1) is 0 Å². The van der Waals surface area contributed by atoms with Crippen LogP contribution in [0.1, 0.15) is 41.0 Å². The molecule has 1 N–H and O–H groups in total. The maximum Gasteiger partial charge on any atom is 0.243 e. The zero-order valence-corrected chi connectivity index (χ0v) is 15.2. The maximum absolute atomic E-state index is 12.6. The molecule has 0 aliphatic heterocycles. The highest BCUT2D eigenvalue weighted by molar-refractivity contribution is 7.89. The lowest BCUT2D eigenvalue weighted by molar-refractivity contribution is -0.115. The van der Waals surface area contributed by atoms with E-state index in [0.29, 0.717) is 30.9 Å². The van der Waals surface area contributed by atoms with Gasteiger partial charge in [-0.05, 0) is 32.0 Å². The van der Waals surface area contributed by atoms with Gasteiger partial charge in [0.25, 0.3) is 0 Å². The van der Waals surface area contributed by atoms with Gasteiger partial charge in [0, 0.05) is 19.5 Å². The zero-order valence-electron chi connectivity index (χ0n) is 14.4. The van der Waals surface area contributed by atoms with E-state index in [2.05, 4.69) is 5.32 Å². The number of anilines is 1. The number of benzene rings is 1. The van der Waals surface area contributed by atoms with E-state index in [1.54, 1.807) is 26.8 Å². The first-order valence-corrected chi connectivity index (χ1v) is 9.30. The van der Waals surface area contributed by atoms with Crippen molar-refractivity contribution in [1.29, 1.82) is 0 Å². The molecule has 0 saturated carbocycles. The summed E-state index contributed by atoms with van der Waals surface area (Å²) in [6.07, 6.45) is 0.214. The number of hydrogen-bond acceptors (Lipinski definition) is 4. The Morgan fingerprint density at radius 1 is 1.22 bits per heavy atom. The van der Waals surface area contributed by atoms with Crippen LogP contribution in [0, 0.1) is 0 Å². The molecule has 0 saturated heterocycles. The van der Waals surface area contributed by atoms with Gasteiger partial charge >= 0.3 is 0 Å². The average molecular weight is 342 g/mol. The molecule has 0 bridgehead atoms. The van der Waals surface area contributed by atoms with Crippen LogP contribution in [0.5, 0.6) is 5.75 Å². The smallest absolute Gasteiger partial charge is 0.243 e. The first-order chi connectivity index (χ1) is 10.8. The third-order valence-electron chi connectivity index (χ3n) is 3.25. The molecule has 0 spiro atoms. The molecule has 1 amide bonds. The Labute approximate surface area is 138 Å². The van der Waals surface area contributed by atoms with Crippen LogP contribution in [0.25, 0.3) is 0 Å². The summed E-state index contributed by atoms with van der Waals surface area (Å²) in [6, 6.07) is 4.55. The van der Waals surface area contributed by atoms with Crippen molar-refractivity contribution in [2.24, 2.45) is 0 Å². The van der Waals surface area contributed by atoms with Gasteiger partial charge in [-0.3, -0.25) is 4.79 Å². The van der Waals surface area contributed by atoms with Crippen LogP contribution in [0.4, 0.5) is 5.69 Å². The molecule has 0 aromatic heterocycles. The van der Waals surface area contributed by atoms with E-state index < -0.39 is 10.0 Å². The topological polar surface area (TPSA) is 75.7 Å². The minimum Gasteiger partial charge on any atom is -0.489 e. The minimum atomic E-state index is -3.58.